The maximum absolute atomic E-state index is 11.9. The number of hydrogen-bond acceptors (Lipinski definition) is 3. The van der Waals surface area contributed by atoms with E-state index >= 15 is 0 Å². The van der Waals surface area contributed by atoms with Crippen LogP contribution in [0.25, 0.3) is 0 Å². The lowest BCUT2D eigenvalue weighted by molar-refractivity contribution is -0.144. The smallest absolute Gasteiger partial charge is 0.220 e. The van der Waals surface area contributed by atoms with Crippen LogP contribution in [-0.4, -0.2) is 30.7 Å². The number of carbonyl (C=O) groups excluding carboxylic acids is 1. The van der Waals surface area contributed by atoms with Gasteiger partial charge < -0.3 is 15.8 Å². The second kappa shape index (κ2) is 7.62. The van der Waals surface area contributed by atoms with Gasteiger partial charge in [0.1, 0.15) is 0 Å². The standard InChI is InChI=1S/C15H28N2O2.ClH/c1-3-19-13-10-12(15(13)8-4-5-9-15)17-14(18)7-6-11(2)16;/h11-13H,3-10,16H2,1-2H3,(H,17,18);1H. The van der Waals surface area contributed by atoms with Gasteiger partial charge in [0.05, 0.1) is 6.10 Å². The van der Waals surface area contributed by atoms with Gasteiger partial charge in [0.2, 0.25) is 5.91 Å². The lowest BCUT2D eigenvalue weighted by atomic mass is 9.60. The zero-order chi connectivity index (χ0) is 13.9. The lowest BCUT2D eigenvalue weighted by Crippen LogP contribution is -2.63. The van der Waals surface area contributed by atoms with E-state index in [-0.39, 0.29) is 29.8 Å². The van der Waals surface area contributed by atoms with Gasteiger partial charge in [0.25, 0.3) is 0 Å². The number of nitrogens with two attached hydrogens (primary N) is 1. The quantitative estimate of drug-likeness (QED) is 0.792. The normalized spacial score (nSPS) is 28.6. The van der Waals surface area contributed by atoms with Crippen LogP contribution in [0.2, 0.25) is 0 Å². The highest BCUT2D eigenvalue weighted by Gasteiger charge is 2.57. The molecule has 0 radical (unpaired) electrons. The summed E-state index contributed by atoms with van der Waals surface area (Å²) >= 11 is 0. The molecule has 1 amide bonds. The van der Waals surface area contributed by atoms with E-state index < -0.39 is 0 Å². The van der Waals surface area contributed by atoms with Gasteiger partial charge in [0.15, 0.2) is 0 Å². The van der Waals surface area contributed by atoms with Crippen LogP contribution in [0.4, 0.5) is 0 Å². The van der Waals surface area contributed by atoms with E-state index in [9.17, 15) is 4.79 Å². The van der Waals surface area contributed by atoms with Crippen LogP contribution in [-0.2, 0) is 9.53 Å². The Hall–Kier alpha value is -0.320. The maximum Gasteiger partial charge on any atom is 0.220 e. The van der Waals surface area contributed by atoms with Crippen molar-refractivity contribution in [2.45, 2.75) is 77.0 Å². The number of nitrogens with one attached hydrogen (secondary N) is 1. The highest BCUT2D eigenvalue weighted by atomic mass is 35.5. The molecule has 3 atom stereocenters. The van der Waals surface area contributed by atoms with Gasteiger partial charge in [-0.05, 0) is 39.5 Å². The molecule has 2 aliphatic rings. The first-order valence-corrected chi connectivity index (χ1v) is 7.75. The van der Waals surface area contributed by atoms with Gasteiger partial charge in [-0.15, -0.1) is 12.4 Å². The van der Waals surface area contributed by atoms with E-state index in [0.29, 0.717) is 18.6 Å². The van der Waals surface area contributed by atoms with E-state index in [4.69, 9.17) is 10.5 Å². The zero-order valence-electron chi connectivity index (χ0n) is 12.7. The molecule has 4 nitrogen and oxygen atoms in total. The number of ether oxygens (including phenoxy) is 1. The van der Waals surface area contributed by atoms with E-state index in [0.717, 1.165) is 19.4 Å². The Kier molecular flexibility index (Phi) is 6.76. The van der Waals surface area contributed by atoms with Gasteiger partial charge in [-0.2, -0.15) is 0 Å². The van der Waals surface area contributed by atoms with Crippen molar-refractivity contribution in [3.8, 4) is 0 Å². The van der Waals surface area contributed by atoms with Crippen molar-refractivity contribution in [1.29, 1.82) is 0 Å². The van der Waals surface area contributed by atoms with Crippen LogP contribution in [0.1, 0.15) is 58.8 Å². The van der Waals surface area contributed by atoms with Crippen molar-refractivity contribution in [2.75, 3.05) is 6.61 Å². The van der Waals surface area contributed by atoms with E-state index in [1.807, 2.05) is 6.92 Å². The Balaban J connectivity index is 0.00000200. The molecule has 3 N–H and O–H groups in total. The fourth-order valence-electron chi connectivity index (χ4n) is 3.71. The van der Waals surface area contributed by atoms with Crippen LogP contribution in [0.3, 0.4) is 0 Å². The predicted molar refractivity (Wildman–Crippen MR) is 83.0 cm³/mol. The van der Waals surface area contributed by atoms with Crippen LogP contribution < -0.4 is 11.1 Å². The van der Waals surface area contributed by atoms with Gasteiger partial charge in [-0.25, -0.2) is 0 Å². The van der Waals surface area contributed by atoms with Crippen LogP contribution in [0.15, 0.2) is 0 Å². The average Bonchev–Trinajstić information content (AvgIpc) is 2.87. The van der Waals surface area contributed by atoms with Gasteiger partial charge in [-0.1, -0.05) is 12.8 Å². The molecule has 2 saturated carbocycles. The predicted octanol–water partition coefficient (Wildman–Crippen LogP) is 2.39. The van der Waals surface area contributed by atoms with Crippen molar-refractivity contribution < 1.29 is 9.53 Å². The Labute approximate surface area is 128 Å². The Bertz CT molecular complexity index is 317. The minimum Gasteiger partial charge on any atom is -0.378 e. The molecule has 0 aromatic heterocycles. The minimum atomic E-state index is 0. The van der Waals surface area contributed by atoms with Crippen molar-refractivity contribution >= 4 is 18.3 Å². The largest absolute Gasteiger partial charge is 0.378 e. The van der Waals surface area contributed by atoms with E-state index in [1.54, 1.807) is 0 Å². The van der Waals surface area contributed by atoms with Crippen molar-refractivity contribution in [2.24, 2.45) is 11.1 Å². The van der Waals surface area contributed by atoms with Crippen LogP contribution in [0, 0.1) is 5.41 Å². The number of hydrogen-bond donors (Lipinski definition) is 2. The van der Waals surface area contributed by atoms with E-state index in [1.165, 1.54) is 25.7 Å². The monoisotopic (exact) mass is 304 g/mol. The summed E-state index contributed by atoms with van der Waals surface area (Å²) in [7, 11) is 0. The molecule has 0 aromatic carbocycles. The average molecular weight is 305 g/mol. The molecule has 2 fully saturated rings. The summed E-state index contributed by atoms with van der Waals surface area (Å²) in [5, 5.41) is 3.22. The fraction of sp³-hybridized carbons (Fsp3) is 0.933. The molecule has 0 saturated heterocycles. The van der Waals surface area contributed by atoms with Crippen LogP contribution in [0.5, 0.6) is 0 Å². The molecule has 0 heterocycles. The number of halogens is 1. The summed E-state index contributed by atoms with van der Waals surface area (Å²) in [6.45, 7) is 4.77. The van der Waals surface area contributed by atoms with Crippen molar-refractivity contribution in [3.63, 3.8) is 0 Å². The second-order valence-corrected chi connectivity index (χ2v) is 6.26. The third kappa shape index (κ3) is 3.66. The topological polar surface area (TPSA) is 64.3 Å². The molecule has 2 aliphatic carbocycles. The summed E-state index contributed by atoms with van der Waals surface area (Å²) in [4.78, 5) is 11.9. The molecule has 0 bridgehead atoms. The summed E-state index contributed by atoms with van der Waals surface area (Å²) in [5.74, 6) is 0.156. The number of carbonyl (C=O) groups is 1. The Morgan fingerprint density at radius 2 is 2.10 bits per heavy atom. The van der Waals surface area contributed by atoms with Gasteiger partial charge in [-0.3, -0.25) is 4.79 Å². The van der Waals surface area contributed by atoms with Gasteiger partial charge >= 0.3 is 0 Å². The van der Waals surface area contributed by atoms with Crippen molar-refractivity contribution in [3.05, 3.63) is 0 Å². The molecule has 2 rings (SSSR count). The highest BCUT2D eigenvalue weighted by molar-refractivity contribution is 5.85. The number of amides is 1. The molecular weight excluding hydrogens is 276 g/mol. The molecule has 3 unspecified atom stereocenters. The molecule has 0 aromatic rings. The Morgan fingerprint density at radius 1 is 1.45 bits per heavy atom. The summed E-state index contributed by atoms with van der Waals surface area (Å²) in [6.07, 6.45) is 7.61. The van der Waals surface area contributed by atoms with Crippen LogP contribution >= 0.6 is 12.4 Å². The first kappa shape index (κ1) is 17.7. The SMILES string of the molecule is CCOC1CC(NC(=O)CCC(C)N)C12CCCC2.Cl. The molecule has 20 heavy (non-hydrogen) atoms. The molecular formula is C15H29ClN2O2. The van der Waals surface area contributed by atoms with E-state index in [2.05, 4.69) is 12.2 Å². The fourth-order valence-corrected chi connectivity index (χ4v) is 3.71. The Morgan fingerprint density at radius 3 is 2.65 bits per heavy atom. The molecule has 5 heteroatoms. The summed E-state index contributed by atoms with van der Waals surface area (Å²) < 4.78 is 5.85. The van der Waals surface area contributed by atoms with Gasteiger partial charge in [0, 0.05) is 30.5 Å². The maximum atomic E-state index is 11.9. The molecule has 118 valence electrons. The third-order valence-corrected chi connectivity index (χ3v) is 4.85. The highest BCUT2D eigenvalue weighted by Crippen LogP contribution is 2.54. The third-order valence-electron chi connectivity index (χ3n) is 4.85. The molecule has 1 spiro atoms. The first-order valence-electron chi connectivity index (χ1n) is 7.75. The molecule has 0 aliphatic heterocycles. The zero-order valence-corrected chi connectivity index (χ0v) is 13.5. The summed E-state index contributed by atoms with van der Waals surface area (Å²) in [5.41, 5.74) is 5.93. The van der Waals surface area contributed by atoms with Crippen molar-refractivity contribution in [1.82, 2.24) is 5.32 Å². The summed E-state index contributed by atoms with van der Waals surface area (Å²) in [6, 6.07) is 0.427. The second-order valence-electron chi connectivity index (χ2n) is 6.26. The first-order chi connectivity index (χ1) is 9.08. The number of rotatable bonds is 6. The lowest BCUT2D eigenvalue weighted by Gasteiger charge is -2.54. The minimum absolute atomic E-state index is 0.